The molecule has 1 aromatic heterocycles. The lowest BCUT2D eigenvalue weighted by Crippen LogP contribution is -2.48. The van der Waals surface area contributed by atoms with Crippen LogP contribution in [0, 0.1) is 5.82 Å². The van der Waals surface area contributed by atoms with Crippen LogP contribution in [0.1, 0.15) is 13.8 Å². The summed E-state index contributed by atoms with van der Waals surface area (Å²) in [6.07, 6.45) is 0.0471. The molecular formula is C16H20FN5O2S. The van der Waals surface area contributed by atoms with Gasteiger partial charge in [0.2, 0.25) is 11.1 Å². The molecule has 2 N–H and O–H groups in total. The molecule has 1 aliphatic heterocycles. The summed E-state index contributed by atoms with van der Waals surface area (Å²) in [6.45, 7) is 5.05. The first-order chi connectivity index (χ1) is 11.9. The highest BCUT2D eigenvalue weighted by Gasteiger charge is 2.26. The zero-order chi connectivity index (χ0) is 18.0. The molecule has 9 heteroatoms. The van der Waals surface area contributed by atoms with E-state index in [1.54, 1.807) is 17.0 Å². The van der Waals surface area contributed by atoms with Gasteiger partial charge in [0.25, 0.3) is 0 Å². The number of hydrogen-bond acceptors (Lipinski definition) is 6. The molecular weight excluding hydrogens is 345 g/mol. The highest BCUT2D eigenvalue weighted by atomic mass is 32.2. The summed E-state index contributed by atoms with van der Waals surface area (Å²) in [6, 6.07) is 5.96. The van der Waals surface area contributed by atoms with Crippen molar-refractivity contribution < 1.29 is 13.9 Å². The molecule has 2 heterocycles. The molecule has 3 rings (SSSR count). The van der Waals surface area contributed by atoms with Crippen LogP contribution in [0.2, 0.25) is 0 Å². The number of halogens is 1. The second-order valence-corrected chi connectivity index (χ2v) is 6.97. The Morgan fingerprint density at radius 3 is 2.76 bits per heavy atom. The zero-order valence-corrected chi connectivity index (χ0v) is 14.9. The summed E-state index contributed by atoms with van der Waals surface area (Å²) in [5, 5.41) is 8.40. The van der Waals surface area contributed by atoms with E-state index in [-0.39, 0.29) is 29.7 Å². The van der Waals surface area contributed by atoms with E-state index in [1.807, 2.05) is 13.8 Å². The number of carbonyl (C=O) groups excluding carboxylic acids is 1. The van der Waals surface area contributed by atoms with Gasteiger partial charge in [-0.2, -0.15) is 0 Å². The first kappa shape index (κ1) is 17.7. The average molecular weight is 365 g/mol. The van der Waals surface area contributed by atoms with Crippen LogP contribution in [-0.2, 0) is 9.53 Å². The fourth-order valence-corrected chi connectivity index (χ4v) is 3.56. The number of thioether (sulfide) groups is 1. The fourth-order valence-electron chi connectivity index (χ4n) is 2.80. The van der Waals surface area contributed by atoms with Crippen molar-refractivity contribution in [1.82, 2.24) is 19.8 Å². The molecule has 25 heavy (non-hydrogen) atoms. The van der Waals surface area contributed by atoms with Crippen molar-refractivity contribution in [3.05, 3.63) is 30.1 Å². The lowest BCUT2D eigenvalue weighted by Gasteiger charge is -2.35. The Kier molecular flexibility index (Phi) is 5.24. The Balaban J connectivity index is 1.65. The number of ether oxygens (including phenoxy) is 1. The lowest BCUT2D eigenvalue weighted by molar-refractivity contribution is -0.140. The highest BCUT2D eigenvalue weighted by Crippen LogP contribution is 2.23. The minimum atomic E-state index is -0.375. The molecule has 7 nitrogen and oxygen atoms in total. The van der Waals surface area contributed by atoms with Crippen LogP contribution in [0.15, 0.2) is 29.4 Å². The van der Waals surface area contributed by atoms with E-state index >= 15 is 0 Å². The zero-order valence-electron chi connectivity index (χ0n) is 14.1. The van der Waals surface area contributed by atoms with Gasteiger partial charge in [0.1, 0.15) is 5.82 Å². The molecule has 134 valence electrons. The van der Waals surface area contributed by atoms with E-state index in [0.717, 1.165) is 0 Å². The molecule has 1 aliphatic rings. The second kappa shape index (κ2) is 7.40. The van der Waals surface area contributed by atoms with Gasteiger partial charge in [-0.3, -0.25) is 4.79 Å². The SMILES string of the molecule is CC1CN(C(=O)CSc2nnc(-c3cccc(F)c3)n2N)CC(C)O1. The van der Waals surface area contributed by atoms with E-state index in [1.165, 1.54) is 28.6 Å². The maximum atomic E-state index is 13.4. The first-order valence-corrected chi connectivity index (χ1v) is 8.95. The third-order valence-corrected chi connectivity index (χ3v) is 4.77. The summed E-state index contributed by atoms with van der Waals surface area (Å²) in [4.78, 5) is 14.2. The van der Waals surface area contributed by atoms with Gasteiger partial charge in [-0.1, -0.05) is 23.9 Å². The minimum absolute atomic E-state index is 0.00213. The summed E-state index contributed by atoms with van der Waals surface area (Å²) in [5.41, 5.74) is 0.531. The van der Waals surface area contributed by atoms with Gasteiger partial charge in [0, 0.05) is 18.7 Å². The van der Waals surface area contributed by atoms with Crippen LogP contribution in [0.3, 0.4) is 0 Å². The number of aromatic nitrogens is 3. The monoisotopic (exact) mass is 365 g/mol. The first-order valence-electron chi connectivity index (χ1n) is 7.96. The molecule has 1 fully saturated rings. The summed E-state index contributed by atoms with van der Waals surface area (Å²) >= 11 is 1.21. The third-order valence-electron chi connectivity index (χ3n) is 3.84. The standard InChI is InChI=1S/C16H20FN5O2S/c1-10-7-21(8-11(2)24-10)14(23)9-25-16-20-19-15(22(16)18)12-4-3-5-13(17)6-12/h3-6,10-11H,7-9,18H2,1-2H3. The highest BCUT2D eigenvalue weighted by molar-refractivity contribution is 7.99. The fraction of sp³-hybridized carbons (Fsp3) is 0.438. The van der Waals surface area contributed by atoms with Crippen LogP contribution in [0.5, 0.6) is 0 Å². The molecule has 2 atom stereocenters. The number of amides is 1. The molecule has 0 bridgehead atoms. The number of nitrogens with zero attached hydrogens (tertiary/aromatic N) is 4. The maximum Gasteiger partial charge on any atom is 0.233 e. The number of benzene rings is 1. The molecule has 0 radical (unpaired) electrons. The Bertz CT molecular complexity index is 759. The van der Waals surface area contributed by atoms with E-state index in [9.17, 15) is 9.18 Å². The predicted octanol–water partition coefficient (Wildman–Crippen LogP) is 1.53. The van der Waals surface area contributed by atoms with E-state index in [0.29, 0.717) is 29.6 Å². The van der Waals surface area contributed by atoms with Crippen LogP contribution < -0.4 is 5.84 Å². The van der Waals surface area contributed by atoms with Gasteiger partial charge < -0.3 is 15.5 Å². The van der Waals surface area contributed by atoms with Crippen molar-refractivity contribution in [1.29, 1.82) is 0 Å². The van der Waals surface area contributed by atoms with Gasteiger partial charge in [0.15, 0.2) is 5.82 Å². The molecule has 0 saturated carbocycles. The summed E-state index contributed by atoms with van der Waals surface area (Å²) in [5.74, 6) is 6.18. The molecule has 2 aromatic rings. The number of carbonyl (C=O) groups is 1. The molecule has 1 saturated heterocycles. The molecule has 0 spiro atoms. The number of hydrogen-bond donors (Lipinski definition) is 1. The second-order valence-electron chi connectivity index (χ2n) is 6.03. The number of nitrogens with two attached hydrogens (primary N) is 1. The van der Waals surface area contributed by atoms with E-state index in [4.69, 9.17) is 10.6 Å². The smallest absolute Gasteiger partial charge is 0.233 e. The maximum absolute atomic E-state index is 13.4. The van der Waals surface area contributed by atoms with Gasteiger partial charge in [-0.05, 0) is 26.0 Å². The largest absolute Gasteiger partial charge is 0.372 e. The van der Waals surface area contributed by atoms with Crippen LogP contribution in [-0.4, -0.2) is 56.7 Å². The number of rotatable bonds is 4. The summed E-state index contributed by atoms with van der Waals surface area (Å²) < 4.78 is 20.3. The average Bonchev–Trinajstić information content (AvgIpc) is 2.92. The Labute approximate surface area is 149 Å². The van der Waals surface area contributed by atoms with Crippen molar-refractivity contribution in [3.63, 3.8) is 0 Å². The lowest BCUT2D eigenvalue weighted by atomic mass is 10.2. The van der Waals surface area contributed by atoms with Crippen molar-refractivity contribution in [2.24, 2.45) is 0 Å². The third kappa shape index (κ3) is 4.10. The Morgan fingerprint density at radius 2 is 2.08 bits per heavy atom. The van der Waals surface area contributed by atoms with Gasteiger partial charge >= 0.3 is 0 Å². The van der Waals surface area contributed by atoms with Crippen LogP contribution in [0.4, 0.5) is 4.39 Å². The predicted molar refractivity (Wildman–Crippen MR) is 92.9 cm³/mol. The van der Waals surface area contributed by atoms with Crippen molar-refractivity contribution >= 4 is 17.7 Å². The van der Waals surface area contributed by atoms with Gasteiger partial charge in [-0.15, -0.1) is 10.2 Å². The van der Waals surface area contributed by atoms with Crippen LogP contribution >= 0.6 is 11.8 Å². The molecule has 0 aliphatic carbocycles. The normalized spacial score (nSPS) is 20.7. The molecule has 1 aromatic carbocycles. The van der Waals surface area contributed by atoms with Gasteiger partial charge in [-0.25, -0.2) is 9.07 Å². The molecule has 1 amide bonds. The molecule has 2 unspecified atom stereocenters. The summed E-state index contributed by atoms with van der Waals surface area (Å²) in [7, 11) is 0. The topological polar surface area (TPSA) is 86.3 Å². The Hall–Kier alpha value is -2.13. The minimum Gasteiger partial charge on any atom is -0.372 e. The van der Waals surface area contributed by atoms with Crippen molar-refractivity contribution in [2.75, 3.05) is 24.7 Å². The van der Waals surface area contributed by atoms with E-state index < -0.39 is 0 Å². The quantitative estimate of drug-likeness (QED) is 0.653. The Morgan fingerprint density at radius 1 is 1.36 bits per heavy atom. The van der Waals surface area contributed by atoms with E-state index in [2.05, 4.69) is 10.2 Å². The number of morpholine rings is 1. The van der Waals surface area contributed by atoms with Crippen molar-refractivity contribution in [2.45, 2.75) is 31.2 Å². The van der Waals surface area contributed by atoms with Gasteiger partial charge in [0.05, 0.1) is 18.0 Å². The van der Waals surface area contributed by atoms with Crippen LogP contribution in [0.25, 0.3) is 11.4 Å². The van der Waals surface area contributed by atoms with Crippen molar-refractivity contribution in [3.8, 4) is 11.4 Å². The number of nitrogen functional groups attached to an aromatic ring is 1.